The highest BCUT2D eigenvalue weighted by Gasteiger charge is 2.36. The standard InChI is InChI=1S/C25H35NO5/c1-17(2)10-11-19-12-13-21(27)23-24(26-31-25(19)23)20(15-22(28)29)9-6-14-30-16-18-7-4-3-5-8-18/h3-5,7-8,17,19-21,27H,6,9-16H2,1-2H3,(H,28,29)/t19?,20?,21-/m0/s1. The maximum atomic E-state index is 11.5. The Bertz CT molecular complexity index is 817. The quantitative estimate of drug-likeness (QED) is 0.428. The maximum Gasteiger partial charge on any atom is 0.304 e. The molecule has 6 heteroatoms. The second kappa shape index (κ2) is 11.4. The average Bonchev–Trinajstić information content (AvgIpc) is 3.19. The van der Waals surface area contributed by atoms with Gasteiger partial charge >= 0.3 is 5.97 Å². The molecule has 0 saturated carbocycles. The number of aliphatic hydroxyl groups is 1. The van der Waals surface area contributed by atoms with E-state index in [2.05, 4.69) is 19.0 Å². The fraction of sp³-hybridized carbons (Fsp3) is 0.600. The summed E-state index contributed by atoms with van der Waals surface area (Å²) in [5, 5.41) is 24.4. The van der Waals surface area contributed by atoms with Crippen molar-refractivity contribution in [1.82, 2.24) is 5.16 Å². The van der Waals surface area contributed by atoms with Gasteiger partial charge in [-0.25, -0.2) is 0 Å². The molecule has 0 amide bonds. The van der Waals surface area contributed by atoms with E-state index in [0.29, 0.717) is 37.7 Å². The minimum Gasteiger partial charge on any atom is -0.481 e. The number of hydrogen-bond acceptors (Lipinski definition) is 5. The zero-order valence-corrected chi connectivity index (χ0v) is 18.6. The molecular formula is C25H35NO5. The van der Waals surface area contributed by atoms with Crippen LogP contribution < -0.4 is 0 Å². The second-order valence-electron chi connectivity index (χ2n) is 9.08. The molecule has 3 rings (SSSR count). The summed E-state index contributed by atoms with van der Waals surface area (Å²) in [6, 6.07) is 9.97. The summed E-state index contributed by atoms with van der Waals surface area (Å²) >= 11 is 0. The van der Waals surface area contributed by atoms with Gasteiger partial charge in [0.1, 0.15) is 5.76 Å². The van der Waals surface area contributed by atoms with Crippen molar-refractivity contribution in [2.24, 2.45) is 5.92 Å². The van der Waals surface area contributed by atoms with Crippen LogP contribution >= 0.6 is 0 Å². The molecule has 1 aromatic carbocycles. The summed E-state index contributed by atoms with van der Waals surface area (Å²) < 4.78 is 11.5. The molecule has 1 heterocycles. The van der Waals surface area contributed by atoms with Gasteiger partial charge in [0, 0.05) is 24.0 Å². The second-order valence-corrected chi connectivity index (χ2v) is 9.08. The van der Waals surface area contributed by atoms with Crippen LogP contribution in [-0.4, -0.2) is 27.9 Å². The molecule has 2 unspecified atom stereocenters. The summed E-state index contributed by atoms with van der Waals surface area (Å²) in [7, 11) is 0. The maximum absolute atomic E-state index is 11.5. The van der Waals surface area contributed by atoms with Crippen LogP contribution in [0.25, 0.3) is 0 Å². The Kier molecular flexibility index (Phi) is 8.67. The summed E-state index contributed by atoms with van der Waals surface area (Å²) in [6.07, 6.45) is 4.34. The summed E-state index contributed by atoms with van der Waals surface area (Å²) in [4.78, 5) is 11.5. The number of carboxylic acid groups (broad SMARTS) is 1. The van der Waals surface area contributed by atoms with Gasteiger partial charge in [0.25, 0.3) is 0 Å². The van der Waals surface area contributed by atoms with Crippen LogP contribution in [0.2, 0.25) is 0 Å². The van der Waals surface area contributed by atoms with Crippen molar-refractivity contribution in [3.8, 4) is 0 Å². The van der Waals surface area contributed by atoms with Gasteiger partial charge in [-0.05, 0) is 43.6 Å². The monoisotopic (exact) mass is 429 g/mol. The van der Waals surface area contributed by atoms with Gasteiger partial charge in [-0.1, -0.05) is 55.8 Å². The predicted octanol–water partition coefficient (Wildman–Crippen LogP) is 5.58. The van der Waals surface area contributed by atoms with E-state index in [0.717, 1.165) is 42.6 Å². The zero-order chi connectivity index (χ0) is 22.2. The van der Waals surface area contributed by atoms with E-state index in [1.807, 2.05) is 30.3 Å². The summed E-state index contributed by atoms with van der Waals surface area (Å²) in [6.45, 7) is 5.49. The number of rotatable bonds is 12. The molecule has 2 aromatic rings. The fourth-order valence-corrected chi connectivity index (χ4v) is 4.43. The van der Waals surface area contributed by atoms with E-state index in [1.54, 1.807) is 0 Å². The Morgan fingerprint density at radius 3 is 2.71 bits per heavy atom. The Labute approximate surface area is 184 Å². The van der Waals surface area contributed by atoms with Crippen molar-refractivity contribution in [3.05, 3.63) is 52.9 Å². The number of aliphatic hydroxyl groups excluding tert-OH is 1. The molecule has 1 aliphatic carbocycles. The fourth-order valence-electron chi connectivity index (χ4n) is 4.43. The largest absolute Gasteiger partial charge is 0.481 e. The molecule has 31 heavy (non-hydrogen) atoms. The van der Waals surface area contributed by atoms with Crippen molar-refractivity contribution >= 4 is 5.97 Å². The molecule has 1 aliphatic rings. The van der Waals surface area contributed by atoms with Gasteiger partial charge in [0.15, 0.2) is 0 Å². The zero-order valence-electron chi connectivity index (χ0n) is 18.6. The van der Waals surface area contributed by atoms with Gasteiger partial charge in [-0.3, -0.25) is 4.79 Å². The van der Waals surface area contributed by atoms with Crippen molar-refractivity contribution in [2.75, 3.05) is 6.61 Å². The van der Waals surface area contributed by atoms with Crippen molar-refractivity contribution in [3.63, 3.8) is 0 Å². The first-order valence-corrected chi connectivity index (χ1v) is 11.5. The van der Waals surface area contributed by atoms with Crippen LogP contribution in [-0.2, 0) is 16.1 Å². The first-order valence-electron chi connectivity index (χ1n) is 11.5. The molecule has 0 bridgehead atoms. The third-order valence-electron chi connectivity index (χ3n) is 6.13. The van der Waals surface area contributed by atoms with E-state index in [1.165, 1.54) is 0 Å². The van der Waals surface area contributed by atoms with E-state index in [9.17, 15) is 15.0 Å². The first kappa shape index (κ1) is 23.5. The Morgan fingerprint density at radius 1 is 1.23 bits per heavy atom. The summed E-state index contributed by atoms with van der Waals surface area (Å²) in [5.41, 5.74) is 2.49. The topological polar surface area (TPSA) is 92.8 Å². The van der Waals surface area contributed by atoms with Crippen LogP contribution in [0.1, 0.15) is 99.3 Å². The molecule has 0 radical (unpaired) electrons. The Morgan fingerprint density at radius 2 is 2.00 bits per heavy atom. The van der Waals surface area contributed by atoms with Crippen LogP contribution in [0.15, 0.2) is 34.9 Å². The molecule has 0 aliphatic heterocycles. The predicted molar refractivity (Wildman–Crippen MR) is 118 cm³/mol. The molecule has 2 N–H and O–H groups in total. The third-order valence-corrected chi connectivity index (χ3v) is 6.13. The molecule has 0 saturated heterocycles. The van der Waals surface area contributed by atoms with Crippen LogP contribution in [0, 0.1) is 5.92 Å². The molecule has 0 spiro atoms. The number of carboxylic acids is 1. The molecule has 170 valence electrons. The summed E-state index contributed by atoms with van der Waals surface area (Å²) in [5.74, 6) is 0.470. The van der Waals surface area contributed by atoms with Crippen molar-refractivity contribution < 1.29 is 24.3 Å². The van der Waals surface area contributed by atoms with Gasteiger partial charge in [0.2, 0.25) is 0 Å². The highest BCUT2D eigenvalue weighted by molar-refractivity contribution is 5.68. The van der Waals surface area contributed by atoms with E-state index in [-0.39, 0.29) is 18.3 Å². The Hall–Kier alpha value is -2.18. The highest BCUT2D eigenvalue weighted by atomic mass is 16.5. The number of benzene rings is 1. The van der Waals surface area contributed by atoms with Crippen LogP contribution in [0.5, 0.6) is 0 Å². The number of aromatic nitrogens is 1. The molecular weight excluding hydrogens is 394 g/mol. The normalized spacial score (nSPS) is 19.4. The SMILES string of the molecule is CC(C)CCC1CC[C@H](O)c2c(C(CCCOCc3ccccc3)CC(=O)O)noc21. The van der Waals surface area contributed by atoms with Gasteiger partial charge in [0.05, 0.1) is 24.8 Å². The smallest absolute Gasteiger partial charge is 0.304 e. The lowest BCUT2D eigenvalue weighted by Gasteiger charge is -2.26. The minimum absolute atomic E-state index is 0.0267. The molecule has 3 atom stereocenters. The number of aliphatic carboxylic acids is 1. The molecule has 6 nitrogen and oxygen atoms in total. The number of fused-ring (bicyclic) bond motifs is 1. The Balaban J connectivity index is 1.64. The number of hydrogen-bond donors (Lipinski definition) is 2. The minimum atomic E-state index is -0.867. The number of nitrogens with zero attached hydrogens (tertiary/aromatic N) is 1. The number of ether oxygens (including phenoxy) is 1. The average molecular weight is 430 g/mol. The van der Waals surface area contributed by atoms with Crippen LogP contribution in [0.4, 0.5) is 0 Å². The lowest BCUT2D eigenvalue weighted by atomic mass is 9.79. The van der Waals surface area contributed by atoms with Crippen molar-refractivity contribution in [1.29, 1.82) is 0 Å². The molecule has 0 fully saturated rings. The van der Waals surface area contributed by atoms with Gasteiger partial charge < -0.3 is 19.5 Å². The van der Waals surface area contributed by atoms with Crippen molar-refractivity contribution in [2.45, 2.75) is 83.3 Å². The highest BCUT2D eigenvalue weighted by Crippen LogP contribution is 2.44. The first-order chi connectivity index (χ1) is 15.0. The molecule has 1 aromatic heterocycles. The van der Waals surface area contributed by atoms with E-state index < -0.39 is 12.1 Å². The lowest BCUT2D eigenvalue weighted by Crippen LogP contribution is -2.17. The number of carbonyl (C=O) groups is 1. The lowest BCUT2D eigenvalue weighted by molar-refractivity contribution is -0.137. The van der Waals surface area contributed by atoms with E-state index >= 15 is 0 Å². The third kappa shape index (κ3) is 6.65. The van der Waals surface area contributed by atoms with E-state index in [4.69, 9.17) is 9.26 Å². The van der Waals surface area contributed by atoms with Crippen LogP contribution in [0.3, 0.4) is 0 Å². The van der Waals surface area contributed by atoms with Gasteiger partial charge in [-0.2, -0.15) is 0 Å². The van der Waals surface area contributed by atoms with Gasteiger partial charge in [-0.15, -0.1) is 0 Å².